The van der Waals surface area contributed by atoms with Crippen molar-refractivity contribution in [1.82, 2.24) is 0 Å². The minimum atomic E-state index is -0.216. The van der Waals surface area contributed by atoms with Crippen LogP contribution >= 0.6 is 0 Å². The van der Waals surface area contributed by atoms with E-state index in [0.29, 0.717) is 11.6 Å². The second kappa shape index (κ2) is 5.67. The van der Waals surface area contributed by atoms with Gasteiger partial charge in [-0.25, -0.2) is 4.39 Å². The van der Waals surface area contributed by atoms with Crippen molar-refractivity contribution in [1.29, 1.82) is 0 Å². The van der Waals surface area contributed by atoms with Crippen LogP contribution in [0.15, 0.2) is 48.5 Å². The van der Waals surface area contributed by atoms with E-state index in [1.165, 1.54) is 6.07 Å². The summed E-state index contributed by atoms with van der Waals surface area (Å²) in [6, 6.07) is 14.9. The average molecular weight is 243 g/mol. The van der Waals surface area contributed by atoms with Gasteiger partial charge in [-0.3, -0.25) is 0 Å². The van der Waals surface area contributed by atoms with E-state index in [2.05, 4.69) is 19.2 Å². The van der Waals surface area contributed by atoms with Crippen LogP contribution in [0, 0.1) is 11.7 Å². The van der Waals surface area contributed by atoms with Gasteiger partial charge in [-0.2, -0.15) is 0 Å². The second-order valence-corrected chi connectivity index (χ2v) is 4.90. The third kappa shape index (κ3) is 3.33. The molecule has 0 atom stereocenters. The average Bonchev–Trinajstić information content (AvgIpc) is 2.34. The van der Waals surface area contributed by atoms with Crippen LogP contribution in [0.5, 0.6) is 0 Å². The van der Waals surface area contributed by atoms with E-state index < -0.39 is 0 Å². The number of rotatable bonds is 4. The third-order valence-electron chi connectivity index (χ3n) is 2.73. The van der Waals surface area contributed by atoms with Gasteiger partial charge >= 0.3 is 0 Å². The first-order chi connectivity index (χ1) is 8.65. The van der Waals surface area contributed by atoms with Gasteiger partial charge in [0, 0.05) is 5.69 Å². The van der Waals surface area contributed by atoms with Gasteiger partial charge in [0.05, 0.1) is 5.69 Å². The minimum absolute atomic E-state index is 0.216. The van der Waals surface area contributed by atoms with Gasteiger partial charge in [-0.15, -0.1) is 0 Å². The Morgan fingerprint density at radius 2 is 1.78 bits per heavy atom. The molecule has 2 rings (SSSR count). The second-order valence-electron chi connectivity index (χ2n) is 4.90. The van der Waals surface area contributed by atoms with E-state index in [4.69, 9.17) is 0 Å². The number of anilines is 2. The van der Waals surface area contributed by atoms with Crippen molar-refractivity contribution in [2.24, 2.45) is 5.92 Å². The van der Waals surface area contributed by atoms with Gasteiger partial charge in [0.15, 0.2) is 0 Å². The third-order valence-corrected chi connectivity index (χ3v) is 2.73. The molecule has 94 valence electrons. The molecular weight excluding hydrogens is 225 g/mol. The SMILES string of the molecule is CC(C)Cc1ccc(F)c(Nc2ccccc2)c1. The molecule has 0 fully saturated rings. The van der Waals surface area contributed by atoms with Crippen molar-refractivity contribution >= 4 is 11.4 Å². The molecule has 0 aromatic heterocycles. The first-order valence-electron chi connectivity index (χ1n) is 6.25. The Morgan fingerprint density at radius 3 is 2.44 bits per heavy atom. The molecular formula is C16H18FN. The van der Waals surface area contributed by atoms with Gasteiger partial charge in [0.1, 0.15) is 5.82 Å². The quantitative estimate of drug-likeness (QED) is 0.815. The van der Waals surface area contributed by atoms with Crippen molar-refractivity contribution in [3.8, 4) is 0 Å². The smallest absolute Gasteiger partial charge is 0.146 e. The summed E-state index contributed by atoms with van der Waals surface area (Å²) in [7, 11) is 0. The van der Waals surface area contributed by atoms with E-state index in [-0.39, 0.29) is 5.82 Å². The lowest BCUT2D eigenvalue weighted by molar-refractivity contribution is 0.624. The van der Waals surface area contributed by atoms with E-state index in [0.717, 1.165) is 17.7 Å². The highest BCUT2D eigenvalue weighted by molar-refractivity contribution is 5.60. The maximum atomic E-state index is 13.7. The highest BCUT2D eigenvalue weighted by atomic mass is 19.1. The predicted octanol–water partition coefficient (Wildman–Crippen LogP) is 4.77. The van der Waals surface area contributed by atoms with Gasteiger partial charge in [0.2, 0.25) is 0 Å². The summed E-state index contributed by atoms with van der Waals surface area (Å²) in [6.07, 6.45) is 0.962. The monoisotopic (exact) mass is 243 g/mol. The van der Waals surface area contributed by atoms with Crippen LogP contribution in [-0.2, 0) is 6.42 Å². The van der Waals surface area contributed by atoms with Crippen molar-refractivity contribution < 1.29 is 4.39 Å². The number of nitrogens with one attached hydrogen (secondary N) is 1. The number of para-hydroxylation sites is 1. The summed E-state index contributed by atoms with van der Waals surface area (Å²) in [5.74, 6) is 0.353. The van der Waals surface area contributed by atoms with Crippen LogP contribution in [0.25, 0.3) is 0 Å². The van der Waals surface area contributed by atoms with Crippen LogP contribution in [-0.4, -0.2) is 0 Å². The minimum Gasteiger partial charge on any atom is -0.353 e. The molecule has 1 nitrogen and oxygen atoms in total. The molecule has 0 radical (unpaired) electrons. The number of hydrogen-bond acceptors (Lipinski definition) is 1. The van der Waals surface area contributed by atoms with E-state index in [1.807, 2.05) is 42.5 Å². The summed E-state index contributed by atoms with van der Waals surface area (Å²) in [4.78, 5) is 0. The largest absolute Gasteiger partial charge is 0.353 e. The molecule has 0 aliphatic carbocycles. The maximum Gasteiger partial charge on any atom is 0.146 e. The summed E-state index contributed by atoms with van der Waals surface area (Å²) in [5, 5.41) is 3.11. The number of benzene rings is 2. The van der Waals surface area contributed by atoms with Gasteiger partial charge < -0.3 is 5.32 Å². The van der Waals surface area contributed by atoms with Crippen LogP contribution in [0.4, 0.5) is 15.8 Å². The molecule has 0 saturated heterocycles. The van der Waals surface area contributed by atoms with Gasteiger partial charge in [-0.1, -0.05) is 38.1 Å². The zero-order valence-electron chi connectivity index (χ0n) is 10.8. The Bertz CT molecular complexity index is 506. The van der Waals surface area contributed by atoms with Gasteiger partial charge in [-0.05, 0) is 42.2 Å². The Hall–Kier alpha value is -1.83. The van der Waals surface area contributed by atoms with Crippen LogP contribution < -0.4 is 5.32 Å². The van der Waals surface area contributed by atoms with Crippen molar-refractivity contribution in [3.05, 3.63) is 59.9 Å². The molecule has 0 amide bonds. The van der Waals surface area contributed by atoms with Crippen molar-refractivity contribution in [3.63, 3.8) is 0 Å². The van der Waals surface area contributed by atoms with Crippen LogP contribution in [0.2, 0.25) is 0 Å². The highest BCUT2D eigenvalue weighted by Crippen LogP contribution is 2.22. The molecule has 0 spiro atoms. The van der Waals surface area contributed by atoms with Gasteiger partial charge in [0.25, 0.3) is 0 Å². The number of hydrogen-bond donors (Lipinski definition) is 1. The molecule has 2 heteroatoms. The number of halogens is 1. The summed E-state index contributed by atoms with van der Waals surface area (Å²) in [5.41, 5.74) is 2.60. The molecule has 2 aromatic carbocycles. The lowest BCUT2D eigenvalue weighted by atomic mass is 10.0. The normalized spacial score (nSPS) is 10.7. The Balaban J connectivity index is 2.21. The zero-order chi connectivity index (χ0) is 13.0. The van der Waals surface area contributed by atoms with E-state index >= 15 is 0 Å². The first-order valence-corrected chi connectivity index (χ1v) is 6.25. The predicted molar refractivity (Wildman–Crippen MR) is 74.7 cm³/mol. The van der Waals surface area contributed by atoms with E-state index in [1.54, 1.807) is 0 Å². The summed E-state index contributed by atoms with van der Waals surface area (Å²) < 4.78 is 13.7. The highest BCUT2D eigenvalue weighted by Gasteiger charge is 2.05. The van der Waals surface area contributed by atoms with Crippen LogP contribution in [0.1, 0.15) is 19.4 Å². The fourth-order valence-corrected chi connectivity index (χ4v) is 1.94. The van der Waals surface area contributed by atoms with Crippen molar-refractivity contribution in [2.75, 3.05) is 5.32 Å². The summed E-state index contributed by atoms with van der Waals surface area (Å²) >= 11 is 0. The van der Waals surface area contributed by atoms with Crippen LogP contribution in [0.3, 0.4) is 0 Å². The first kappa shape index (κ1) is 12.6. The Morgan fingerprint density at radius 1 is 1.06 bits per heavy atom. The molecule has 0 heterocycles. The molecule has 18 heavy (non-hydrogen) atoms. The molecule has 0 saturated carbocycles. The Kier molecular flexibility index (Phi) is 3.98. The standard InChI is InChI=1S/C16H18FN/c1-12(2)10-13-8-9-15(17)16(11-13)18-14-6-4-3-5-7-14/h3-9,11-12,18H,10H2,1-2H3. The van der Waals surface area contributed by atoms with Crippen molar-refractivity contribution in [2.45, 2.75) is 20.3 Å². The maximum absolute atomic E-state index is 13.7. The molecule has 1 N–H and O–H groups in total. The molecule has 0 aliphatic rings. The molecule has 0 unspecified atom stereocenters. The lowest BCUT2D eigenvalue weighted by Crippen LogP contribution is -1.98. The summed E-state index contributed by atoms with van der Waals surface area (Å²) in [6.45, 7) is 4.32. The zero-order valence-corrected chi connectivity index (χ0v) is 10.8. The fraction of sp³-hybridized carbons (Fsp3) is 0.250. The molecule has 0 aliphatic heterocycles. The lowest BCUT2D eigenvalue weighted by Gasteiger charge is -2.11. The Labute approximate surface area is 108 Å². The molecule has 0 bridgehead atoms. The fourth-order valence-electron chi connectivity index (χ4n) is 1.94. The molecule has 2 aromatic rings. The topological polar surface area (TPSA) is 12.0 Å². The van der Waals surface area contributed by atoms with E-state index in [9.17, 15) is 4.39 Å².